The number of alkyl halides is 3. The Balaban J connectivity index is 2.23. The van der Waals surface area contributed by atoms with E-state index >= 15 is 0 Å². The molecule has 0 saturated carbocycles. The molecule has 4 nitrogen and oxygen atoms in total. The lowest BCUT2D eigenvalue weighted by Crippen LogP contribution is -2.52. The maximum absolute atomic E-state index is 12.7. The summed E-state index contributed by atoms with van der Waals surface area (Å²) in [5, 5.41) is 9.09. The average Bonchev–Trinajstić information content (AvgIpc) is 2.46. The van der Waals surface area contributed by atoms with Gasteiger partial charge in [-0.05, 0) is 25.1 Å². The molecule has 1 aromatic rings. The van der Waals surface area contributed by atoms with E-state index < -0.39 is 23.8 Å². The monoisotopic (exact) mass is 303 g/mol. The van der Waals surface area contributed by atoms with Gasteiger partial charge in [-0.25, -0.2) is 0 Å². The molecule has 0 aliphatic carbocycles. The predicted molar refractivity (Wildman–Crippen MR) is 68.8 cm³/mol. The summed E-state index contributed by atoms with van der Waals surface area (Å²) in [6.07, 6.45) is -4.99. The second-order valence-electron chi connectivity index (χ2n) is 5.02. The van der Waals surface area contributed by atoms with Crippen LogP contribution in [-0.4, -0.2) is 47.8 Å². The molecule has 0 aromatic heterocycles. The highest BCUT2D eigenvalue weighted by atomic mass is 19.4. The van der Waals surface area contributed by atoms with Gasteiger partial charge in [0, 0.05) is 12.1 Å². The number of aliphatic hydroxyl groups is 1. The number of amides is 1. The standard InChI is InChI=1S/C14H16F3NO3/c1-9-8-21-12(7-19)6-18(9)13(20)10-3-2-4-11(5-10)14(15,16)17/h2-5,9,12,19H,6-8H2,1H3. The number of halogens is 3. The summed E-state index contributed by atoms with van der Waals surface area (Å²) in [5.74, 6) is -0.490. The Morgan fingerprint density at radius 3 is 2.81 bits per heavy atom. The fourth-order valence-corrected chi connectivity index (χ4v) is 2.21. The first-order valence-electron chi connectivity index (χ1n) is 6.53. The molecule has 0 radical (unpaired) electrons. The highest BCUT2D eigenvalue weighted by molar-refractivity contribution is 5.94. The van der Waals surface area contributed by atoms with E-state index in [1.165, 1.54) is 17.0 Å². The van der Waals surface area contributed by atoms with Gasteiger partial charge in [0.05, 0.1) is 30.9 Å². The molecular formula is C14H16F3NO3. The third-order valence-electron chi connectivity index (χ3n) is 3.41. The van der Waals surface area contributed by atoms with Crippen molar-refractivity contribution in [3.63, 3.8) is 0 Å². The minimum absolute atomic E-state index is 0.0183. The third-order valence-corrected chi connectivity index (χ3v) is 3.41. The van der Waals surface area contributed by atoms with Gasteiger partial charge >= 0.3 is 6.18 Å². The van der Waals surface area contributed by atoms with Crippen LogP contribution in [0.4, 0.5) is 13.2 Å². The number of hydrogen-bond acceptors (Lipinski definition) is 3. The minimum Gasteiger partial charge on any atom is -0.394 e. The van der Waals surface area contributed by atoms with E-state index in [9.17, 15) is 18.0 Å². The summed E-state index contributed by atoms with van der Waals surface area (Å²) in [6, 6.07) is 4.09. The Hall–Kier alpha value is -1.60. The van der Waals surface area contributed by atoms with Crippen molar-refractivity contribution in [1.82, 2.24) is 4.90 Å². The zero-order valence-electron chi connectivity index (χ0n) is 11.4. The summed E-state index contributed by atoms with van der Waals surface area (Å²) >= 11 is 0. The van der Waals surface area contributed by atoms with Gasteiger partial charge in [0.15, 0.2) is 0 Å². The van der Waals surface area contributed by atoms with E-state index in [1.54, 1.807) is 6.92 Å². The molecular weight excluding hydrogens is 287 g/mol. The first-order valence-corrected chi connectivity index (χ1v) is 6.53. The number of carbonyl (C=O) groups is 1. The largest absolute Gasteiger partial charge is 0.416 e. The van der Waals surface area contributed by atoms with Gasteiger partial charge in [-0.15, -0.1) is 0 Å². The molecule has 21 heavy (non-hydrogen) atoms. The van der Waals surface area contributed by atoms with E-state index in [1.807, 2.05) is 0 Å². The number of aliphatic hydroxyl groups excluding tert-OH is 1. The smallest absolute Gasteiger partial charge is 0.394 e. The maximum atomic E-state index is 12.7. The number of morpholine rings is 1. The molecule has 1 heterocycles. The second kappa shape index (κ2) is 6.03. The van der Waals surface area contributed by atoms with Crippen LogP contribution in [-0.2, 0) is 10.9 Å². The van der Waals surface area contributed by atoms with E-state index in [0.717, 1.165) is 12.1 Å². The topological polar surface area (TPSA) is 49.8 Å². The number of nitrogens with zero attached hydrogens (tertiary/aromatic N) is 1. The molecule has 0 spiro atoms. The Kier molecular flexibility index (Phi) is 4.53. The Labute approximate surface area is 120 Å². The fourth-order valence-electron chi connectivity index (χ4n) is 2.21. The summed E-state index contributed by atoms with van der Waals surface area (Å²) in [4.78, 5) is 13.8. The van der Waals surface area contributed by atoms with Crippen molar-refractivity contribution in [1.29, 1.82) is 0 Å². The van der Waals surface area contributed by atoms with E-state index in [0.29, 0.717) is 0 Å². The van der Waals surface area contributed by atoms with Crippen LogP contribution in [0.15, 0.2) is 24.3 Å². The molecule has 1 aliphatic rings. The Bertz CT molecular complexity index is 518. The number of rotatable bonds is 2. The van der Waals surface area contributed by atoms with Crippen LogP contribution in [0.5, 0.6) is 0 Å². The van der Waals surface area contributed by atoms with E-state index in [4.69, 9.17) is 9.84 Å². The van der Waals surface area contributed by atoms with Gasteiger partial charge in [0.2, 0.25) is 0 Å². The molecule has 7 heteroatoms. The molecule has 2 rings (SSSR count). The van der Waals surface area contributed by atoms with Crippen LogP contribution < -0.4 is 0 Å². The van der Waals surface area contributed by atoms with Crippen molar-refractivity contribution < 1.29 is 27.8 Å². The van der Waals surface area contributed by atoms with Gasteiger partial charge < -0.3 is 14.7 Å². The van der Waals surface area contributed by atoms with Gasteiger partial charge in [0.25, 0.3) is 5.91 Å². The average molecular weight is 303 g/mol. The highest BCUT2D eigenvalue weighted by Crippen LogP contribution is 2.30. The molecule has 1 aliphatic heterocycles. The van der Waals surface area contributed by atoms with Crippen molar-refractivity contribution in [2.75, 3.05) is 19.8 Å². The summed E-state index contributed by atoms with van der Waals surface area (Å²) in [6.45, 7) is 1.92. The Morgan fingerprint density at radius 1 is 1.48 bits per heavy atom. The van der Waals surface area contributed by atoms with Crippen LogP contribution in [0.2, 0.25) is 0 Å². The van der Waals surface area contributed by atoms with Gasteiger partial charge in [-0.3, -0.25) is 4.79 Å². The second-order valence-corrected chi connectivity index (χ2v) is 5.02. The number of carbonyl (C=O) groups excluding carboxylic acids is 1. The molecule has 0 bridgehead atoms. The maximum Gasteiger partial charge on any atom is 0.416 e. The van der Waals surface area contributed by atoms with Crippen molar-refractivity contribution in [3.05, 3.63) is 35.4 Å². The van der Waals surface area contributed by atoms with Crippen molar-refractivity contribution in [2.24, 2.45) is 0 Å². The van der Waals surface area contributed by atoms with Crippen molar-refractivity contribution in [3.8, 4) is 0 Å². The first-order chi connectivity index (χ1) is 9.82. The van der Waals surface area contributed by atoms with Crippen molar-refractivity contribution in [2.45, 2.75) is 25.2 Å². The zero-order valence-corrected chi connectivity index (χ0v) is 11.4. The van der Waals surface area contributed by atoms with Crippen LogP contribution in [0.25, 0.3) is 0 Å². The van der Waals surface area contributed by atoms with Gasteiger partial charge in [-0.1, -0.05) is 6.07 Å². The minimum atomic E-state index is -4.49. The lowest BCUT2D eigenvalue weighted by molar-refractivity contribution is -0.137. The summed E-state index contributed by atoms with van der Waals surface area (Å²) in [5.41, 5.74) is -0.872. The van der Waals surface area contributed by atoms with Crippen LogP contribution >= 0.6 is 0 Å². The van der Waals surface area contributed by atoms with Gasteiger partial charge in [0.1, 0.15) is 0 Å². The highest BCUT2D eigenvalue weighted by Gasteiger charge is 2.33. The van der Waals surface area contributed by atoms with E-state index in [-0.39, 0.29) is 31.4 Å². The third kappa shape index (κ3) is 3.54. The summed E-state index contributed by atoms with van der Waals surface area (Å²) < 4.78 is 43.4. The SMILES string of the molecule is CC1COC(CO)CN1C(=O)c1cccc(C(F)(F)F)c1. The van der Waals surface area contributed by atoms with Crippen LogP contribution in [0, 0.1) is 0 Å². The number of hydrogen-bond donors (Lipinski definition) is 1. The normalized spacial score (nSPS) is 23.2. The van der Waals surface area contributed by atoms with Gasteiger partial charge in [-0.2, -0.15) is 13.2 Å². The molecule has 1 aromatic carbocycles. The summed E-state index contributed by atoms with van der Waals surface area (Å²) in [7, 11) is 0. The fraction of sp³-hybridized carbons (Fsp3) is 0.500. The van der Waals surface area contributed by atoms with Crippen molar-refractivity contribution >= 4 is 5.91 Å². The quantitative estimate of drug-likeness (QED) is 0.908. The first kappa shape index (κ1) is 15.8. The molecule has 1 saturated heterocycles. The van der Waals surface area contributed by atoms with Crippen LogP contribution in [0.3, 0.4) is 0 Å². The Morgan fingerprint density at radius 2 is 2.19 bits per heavy atom. The lowest BCUT2D eigenvalue weighted by Gasteiger charge is -2.37. The van der Waals surface area contributed by atoms with Crippen LogP contribution in [0.1, 0.15) is 22.8 Å². The van der Waals surface area contributed by atoms with E-state index in [2.05, 4.69) is 0 Å². The molecule has 1 N–H and O–H groups in total. The molecule has 1 amide bonds. The molecule has 116 valence electrons. The predicted octanol–water partition coefficient (Wildman–Crippen LogP) is 1.93. The molecule has 1 fully saturated rings. The molecule has 2 unspecified atom stereocenters. The number of ether oxygens (including phenoxy) is 1. The lowest BCUT2D eigenvalue weighted by atomic mass is 10.1. The molecule has 2 atom stereocenters. The zero-order chi connectivity index (χ0) is 15.6. The number of benzene rings is 1.